The van der Waals surface area contributed by atoms with Crippen LogP contribution in [0.1, 0.15) is 18.4 Å². The Morgan fingerprint density at radius 3 is 2.94 bits per heavy atom. The number of fused-ring (bicyclic) bond motifs is 3. The summed E-state index contributed by atoms with van der Waals surface area (Å²) in [6, 6.07) is 6.59. The van der Waals surface area contributed by atoms with Gasteiger partial charge in [-0.3, -0.25) is 0 Å². The third kappa shape index (κ3) is 1.64. The largest absolute Gasteiger partial charge is 0.114 e. The van der Waals surface area contributed by atoms with Crippen LogP contribution in [-0.2, 0) is 0 Å². The quantitative estimate of drug-likeness (QED) is 0.611. The molecule has 1 aromatic rings. The highest BCUT2D eigenvalue weighted by Gasteiger charge is 2.42. The van der Waals surface area contributed by atoms with Crippen LogP contribution in [-0.4, -0.2) is 4.75 Å². The van der Waals surface area contributed by atoms with Crippen LogP contribution >= 0.6 is 43.6 Å². The fourth-order valence-electron chi connectivity index (χ4n) is 2.39. The van der Waals surface area contributed by atoms with E-state index in [1.807, 2.05) is 11.8 Å². The van der Waals surface area contributed by atoms with Gasteiger partial charge in [0.15, 0.2) is 0 Å². The van der Waals surface area contributed by atoms with Gasteiger partial charge < -0.3 is 0 Å². The van der Waals surface area contributed by atoms with Crippen LogP contribution in [0.2, 0.25) is 0 Å². The normalized spacial score (nSPS) is 30.9. The van der Waals surface area contributed by atoms with Gasteiger partial charge in [0.2, 0.25) is 0 Å². The van der Waals surface area contributed by atoms with Crippen LogP contribution in [0.15, 0.2) is 50.3 Å². The summed E-state index contributed by atoms with van der Waals surface area (Å²) in [5.41, 5.74) is 1.45. The topological polar surface area (TPSA) is 0 Å². The molecule has 0 amide bonds. The average Bonchev–Trinajstić information content (AvgIpc) is 2.47. The van der Waals surface area contributed by atoms with Crippen molar-refractivity contribution >= 4 is 43.6 Å². The van der Waals surface area contributed by atoms with Gasteiger partial charge in [-0.2, -0.15) is 0 Å². The molecule has 1 heterocycles. The number of hydrogen-bond acceptors (Lipinski definition) is 1. The lowest BCUT2D eigenvalue weighted by atomic mass is 9.84. The van der Waals surface area contributed by atoms with Gasteiger partial charge in [-0.05, 0) is 24.6 Å². The minimum absolute atomic E-state index is 0.163. The summed E-state index contributed by atoms with van der Waals surface area (Å²) in [7, 11) is 0. The van der Waals surface area contributed by atoms with E-state index in [1.165, 1.54) is 14.9 Å². The first-order valence-corrected chi connectivity index (χ1v) is 7.54. The van der Waals surface area contributed by atoms with Crippen molar-refractivity contribution in [2.45, 2.75) is 22.5 Å². The van der Waals surface area contributed by atoms with E-state index in [-0.39, 0.29) is 4.75 Å². The first-order chi connectivity index (χ1) is 7.58. The second-order valence-corrected chi connectivity index (χ2v) is 7.69. The van der Waals surface area contributed by atoms with Gasteiger partial charge in [0.1, 0.15) is 0 Å². The maximum Gasteiger partial charge on any atom is 0.0475 e. The Kier molecular flexibility index (Phi) is 2.61. The summed E-state index contributed by atoms with van der Waals surface area (Å²) in [5, 5.41) is 0. The fourth-order valence-corrected chi connectivity index (χ4v) is 5.17. The lowest BCUT2D eigenvalue weighted by Gasteiger charge is -2.28. The molecule has 2 aliphatic rings. The van der Waals surface area contributed by atoms with Gasteiger partial charge in [0.05, 0.1) is 0 Å². The van der Waals surface area contributed by atoms with E-state index in [2.05, 4.69) is 75.2 Å². The van der Waals surface area contributed by atoms with E-state index in [4.69, 9.17) is 0 Å². The van der Waals surface area contributed by atoms with Crippen LogP contribution in [0.5, 0.6) is 0 Å². The first-order valence-electron chi connectivity index (χ1n) is 5.13. The molecule has 82 valence electrons. The molecule has 3 rings (SSSR count). The highest BCUT2D eigenvalue weighted by atomic mass is 79.9. The molecular formula is C13H10Br2S. The van der Waals surface area contributed by atoms with Gasteiger partial charge in [-0.1, -0.05) is 56.2 Å². The summed E-state index contributed by atoms with van der Waals surface area (Å²) in [6.45, 7) is 2.31. The van der Waals surface area contributed by atoms with Gasteiger partial charge >= 0.3 is 0 Å². The van der Waals surface area contributed by atoms with Crippen molar-refractivity contribution in [3.8, 4) is 0 Å². The zero-order valence-corrected chi connectivity index (χ0v) is 12.7. The zero-order valence-electron chi connectivity index (χ0n) is 8.71. The van der Waals surface area contributed by atoms with Crippen LogP contribution in [0.3, 0.4) is 0 Å². The lowest BCUT2D eigenvalue weighted by Crippen LogP contribution is -2.23. The molecule has 1 aliphatic carbocycles. The number of halogens is 2. The lowest BCUT2D eigenvalue weighted by molar-refractivity contribution is 0.701. The summed E-state index contributed by atoms with van der Waals surface area (Å²) in [4.78, 5) is 1.39. The predicted octanol–water partition coefficient (Wildman–Crippen LogP) is 5.25. The summed E-state index contributed by atoms with van der Waals surface area (Å²) in [5.74, 6) is 0.502. The third-order valence-electron chi connectivity index (χ3n) is 3.13. The van der Waals surface area contributed by atoms with Crippen LogP contribution < -0.4 is 0 Å². The maximum atomic E-state index is 3.57. The molecule has 3 heteroatoms. The second kappa shape index (κ2) is 3.76. The van der Waals surface area contributed by atoms with E-state index in [9.17, 15) is 0 Å². The Labute approximate surface area is 116 Å². The molecule has 1 aliphatic heterocycles. The van der Waals surface area contributed by atoms with Crippen LogP contribution in [0.4, 0.5) is 0 Å². The molecule has 0 N–H and O–H groups in total. The molecular weight excluding hydrogens is 348 g/mol. The minimum Gasteiger partial charge on any atom is -0.114 e. The highest BCUT2D eigenvalue weighted by Crippen LogP contribution is 2.57. The molecule has 2 atom stereocenters. The van der Waals surface area contributed by atoms with E-state index in [0.717, 1.165) is 4.47 Å². The highest BCUT2D eigenvalue weighted by molar-refractivity contribution is 9.12. The molecule has 0 aromatic heterocycles. The van der Waals surface area contributed by atoms with E-state index in [1.54, 1.807) is 0 Å². The smallest absolute Gasteiger partial charge is 0.0475 e. The number of hydrogen-bond donors (Lipinski definition) is 0. The fraction of sp³-hybridized carbons (Fsp3) is 0.231. The molecule has 0 saturated carbocycles. The molecule has 1 aromatic carbocycles. The first kappa shape index (κ1) is 11.1. The van der Waals surface area contributed by atoms with Crippen molar-refractivity contribution in [1.82, 2.24) is 0 Å². The molecule has 2 unspecified atom stereocenters. The van der Waals surface area contributed by atoms with Gasteiger partial charge in [0, 0.05) is 24.5 Å². The van der Waals surface area contributed by atoms with Crippen molar-refractivity contribution in [3.05, 3.63) is 50.9 Å². The van der Waals surface area contributed by atoms with Crippen molar-refractivity contribution < 1.29 is 0 Å². The predicted molar refractivity (Wildman–Crippen MR) is 77.3 cm³/mol. The van der Waals surface area contributed by atoms with Gasteiger partial charge in [-0.25, -0.2) is 0 Å². The van der Waals surface area contributed by atoms with Crippen molar-refractivity contribution in [2.24, 2.45) is 0 Å². The Morgan fingerprint density at radius 1 is 1.31 bits per heavy atom. The SMILES string of the molecule is CC12C=C(Br)C=CC1c1ccc(Br)cc1S2. The average molecular weight is 358 g/mol. The Bertz CT molecular complexity index is 519. The molecule has 0 radical (unpaired) electrons. The molecule has 0 fully saturated rings. The number of benzene rings is 1. The number of allylic oxidation sites excluding steroid dienone is 3. The maximum absolute atomic E-state index is 3.57. The van der Waals surface area contributed by atoms with Crippen LogP contribution in [0.25, 0.3) is 0 Å². The van der Waals surface area contributed by atoms with E-state index < -0.39 is 0 Å². The van der Waals surface area contributed by atoms with Crippen LogP contribution in [0, 0.1) is 0 Å². The van der Waals surface area contributed by atoms with Gasteiger partial charge in [-0.15, -0.1) is 11.8 Å². The van der Waals surface area contributed by atoms with Crippen molar-refractivity contribution in [1.29, 1.82) is 0 Å². The molecule has 0 nitrogen and oxygen atoms in total. The van der Waals surface area contributed by atoms with Crippen molar-refractivity contribution in [2.75, 3.05) is 0 Å². The van der Waals surface area contributed by atoms with Gasteiger partial charge in [0.25, 0.3) is 0 Å². The van der Waals surface area contributed by atoms with E-state index >= 15 is 0 Å². The molecule has 0 saturated heterocycles. The summed E-state index contributed by atoms with van der Waals surface area (Å²) in [6.07, 6.45) is 6.77. The molecule has 16 heavy (non-hydrogen) atoms. The number of thioether (sulfide) groups is 1. The summed E-state index contributed by atoms with van der Waals surface area (Å²) < 4.78 is 2.51. The Balaban J connectivity index is 2.14. The van der Waals surface area contributed by atoms with E-state index in [0.29, 0.717) is 5.92 Å². The Hall–Kier alpha value is 0.01000. The number of rotatable bonds is 0. The van der Waals surface area contributed by atoms with Crippen molar-refractivity contribution in [3.63, 3.8) is 0 Å². The monoisotopic (exact) mass is 356 g/mol. The third-order valence-corrected chi connectivity index (χ3v) is 5.50. The standard InChI is InChI=1S/C13H10Br2S/c1-13-7-9(15)3-5-11(13)10-4-2-8(14)6-12(10)16-13/h2-7,11H,1H3. The Morgan fingerprint density at radius 2 is 2.12 bits per heavy atom. The molecule has 0 bridgehead atoms. The summed E-state index contributed by atoms with van der Waals surface area (Å²) >= 11 is 9.06. The molecule has 0 spiro atoms. The second-order valence-electron chi connectivity index (χ2n) is 4.33. The zero-order chi connectivity index (χ0) is 11.3. The minimum atomic E-state index is 0.163.